The van der Waals surface area contributed by atoms with E-state index >= 15 is 0 Å². The molecule has 3 nitrogen and oxygen atoms in total. The number of methoxy groups -OCH3 is 1. The third-order valence-corrected chi connectivity index (χ3v) is 3.93. The van der Waals surface area contributed by atoms with Gasteiger partial charge in [0.25, 0.3) is 0 Å². The predicted molar refractivity (Wildman–Crippen MR) is 82.7 cm³/mol. The molecule has 1 fully saturated rings. The number of halogens is 3. The third kappa shape index (κ3) is 3.89. The maximum atomic E-state index is 6.12. The number of ether oxygens (including phenoxy) is 1. The van der Waals surface area contributed by atoms with Crippen molar-refractivity contribution in [3.63, 3.8) is 0 Å². The van der Waals surface area contributed by atoms with Crippen molar-refractivity contribution in [1.82, 2.24) is 4.90 Å². The van der Waals surface area contributed by atoms with Gasteiger partial charge in [-0.1, -0.05) is 30.1 Å². The van der Waals surface area contributed by atoms with Gasteiger partial charge < -0.3 is 10.5 Å². The van der Waals surface area contributed by atoms with Crippen molar-refractivity contribution >= 4 is 35.6 Å². The van der Waals surface area contributed by atoms with Gasteiger partial charge in [0, 0.05) is 36.3 Å². The average molecular weight is 326 g/mol. The first-order valence-electron chi connectivity index (χ1n) is 6.01. The molecule has 0 bridgehead atoms. The summed E-state index contributed by atoms with van der Waals surface area (Å²) < 4.78 is 5.35. The molecular formula is C13H19Cl3N2O. The normalized spacial score (nSPS) is 23.2. The molecule has 2 rings (SSSR count). The quantitative estimate of drug-likeness (QED) is 0.927. The minimum Gasteiger partial charge on any atom is -0.495 e. The zero-order chi connectivity index (χ0) is 13.3. The minimum absolute atomic E-state index is 0. The van der Waals surface area contributed by atoms with E-state index in [1.165, 1.54) is 0 Å². The highest BCUT2D eigenvalue weighted by molar-refractivity contribution is 6.35. The molecule has 108 valence electrons. The molecule has 0 aliphatic carbocycles. The number of hydrogen-bond acceptors (Lipinski definition) is 3. The summed E-state index contributed by atoms with van der Waals surface area (Å²) in [5.41, 5.74) is 7.04. The van der Waals surface area contributed by atoms with E-state index in [0.29, 0.717) is 21.7 Å². The van der Waals surface area contributed by atoms with Crippen molar-refractivity contribution in [2.24, 2.45) is 11.7 Å². The maximum Gasteiger partial charge on any atom is 0.142 e. The van der Waals surface area contributed by atoms with Gasteiger partial charge in [0.2, 0.25) is 0 Å². The van der Waals surface area contributed by atoms with E-state index in [1.807, 2.05) is 6.07 Å². The first-order chi connectivity index (χ1) is 8.51. The van der Waals surface area contributed by atoms with Crippen molar-refractivity contribution in [2.45, 2.75) is 19.5 Å². The second-order valence-corrected chi connectivity index (χ2v) is 5.76. The highest BCUT2D eigenvalue weighted by atomic mass is 35.5. The summed E-state index contributed by atoms with van der Waals surface area (Å²) in [6.45, 7) is 4.83. The Balaban J connectivity index is 0.00000180. The smallest absolute Gasteiger partial charge is 0.142 e. The molecule has 2 atom stereocenters. The van der Waals surface area contributed by atoms with Gasteiger partial charge >= 0.3 is 0 Å². The van der Waals surface area contributed by atoms with Crippen LogP contribution in [0.25, 0.3) is 0 Å². The standard InChI is InChI=1S/C13H18Cl2N2O.ClH/c1-8-5-17(7-12(8)16)6-9-3-10(14)4-11(15)13(9)18-2;/h3-4,8,12H,5-7,16H2,1-2H3;1H. The lowest BCUT2D eigenvalue weighted by Gasteiger charge is -2.18. The summed E-state index contributed by atoms with van der Waals surface area (Å²) in [6.07, 6.45) is 0. The van der Waals surface area contributed by atoms with Gasteiger partial charge in [-0.15, -0.1) is 12.4 Å². The molecule has 1 aromatic rings. The Morgan fingerprint density at radius 2 is 2.05 bits per heavy atom. The van der Waals surface area contributed by atoms with Crippen molar-refractivity contribution < 1.29 is 4.74 Å². The number of rotatable bonds is 3. The van der Waals surface area contributed by atoms with Crippen LogP contribution >= 0.6 is 35.6 Å². The van der Waals surface area contributed by atoms with Crippen molar-refractivity contribution in [1.29, 1.82) is 0 Å². The van der Waals surface area contributed by atoms with Crippen LogP contribution in [0.3, 0.4) is 0 Å². The van der Waals surface area contributed by atoms with Gasteiger partial charge in [-0.2, -0.15) is 0 Å². The van der Waals surface area contributed by atoms with Crippen molar-refractivity contribution in [2.75, 3.05) is 20.2 Å². The van der Waals surface area contributed by atoms with Gasteiger partial charge in [0.05, 0.1) is 12.1 Å². The molecule has 2 N–H and O–H groups in total. The Morgan fingerprint density at radius 1 is 1.37 bits per heavy atom. The number of nitrogens with zero attached hydrogens (tertiary/aromatic N) is 1. The maximum absolute atomic E-state index is 6.12. The molecule has 1 heterocycles. The summed E-state index contributed by atoms with van der Waals surface area (Å²) >= 11 is 12.2. The molecule has 1 aliphatic heterocycles. The summed E-state index contributed by atoms with van der Waals surface area (Å²) in [5, 5.41) is 1.18. The van der Waals surface area contributed by atoms with Crippen LogP contribution in [0.1, 0.15) is 12.5 Å². The van der Waals surface area contributed by atoms with E-state index in [0.717, 1.165) is 25.2 Å². The second kappa shape index (κ2) is 7.00. The molecule has 0 spiro atoms. The highest BCUT2D eigenvalue weighted by Gasteiger charge is 2.27. The molecule has 0 amide bonds. The van der Waals surface area contributed by atoms with E-state index in [4.69, 9.17) is 33.7 Å². The monoisotopic (exact) mass is 324 g/mol. The molecule has 1 aliphatic rings. The average Bonchev–Trinajstić information content (AvgIpc) is 2.57. The summed E-state index contributed by atoms with van der Waals surface area (Å²) in [4.78, 5) is 2.31. The Bertz CT molecular complexity index is 432. The first-order valence-corrected chi connectivity index (χ1v) is 6.76. The molecule has 0 saturated carbocycles. The molecule has 1 saturated heterocycles. The number of likely N-dealkylation sites (tertiary alicyclic amines) is 1. The Morgan fingerprint density at radius 3 is 2.58 bits per heavy atom. The molecule has 1 aromatic carbocycles. The lowest BCUT2D eigenvalue weighted by molar-refractivity contribution is 0.310. The minimum atomic E-state index is 0. The zero-order valence-electron chi connectivity index (χ0n) is 11.0. The molecule has 19 heavy (non-hydrogen) atoms. The molecular weight excluding hydrogens is 307 g/mol. The first kappa shape index (κ1) is 16.9. The fourth-order valence-corrected chi connectivity index (χ4v) is 3.04. The predicted octanol–water partition coefficient (Wildman–Crippen LogP) is 3.20. The van der Waals surface area contributed by atoms with Crippen LogP contribution in [0.4, 0.5) is 0 Å². The molecule has 0 radical (unpaired) electrons. The Hall–Kier alpha value is -0.190. The van der Waals surface area contributed by atoms with E-state index in [-0.39, 0.29) is 18.4 Å². The van der Waals surface area contributed by atoms with Crippen molar-refractivity contribution in [3.8, 4) is 5.75 Å². The van der Waals surface area contributed by atoms with Gasteiger partial charge in [0.15, 0.2) is 0 Å². The summed E-state index contributed by atoms with van der Waals surface area (Å²) in [5.74, 6) is 1.22. The van der Waals surface area contributed by atoms with Crippen LogP contribution in [0.2, 0.25) is 10.0 Å². The molecule has 2 unspecified atom stereocenters. The SMILES string of the molecule is COc1c(Cl)cc(Cl)cc1CN1CC(C)C(N)C1.Cl. The van der Waals surface area contributed by atoms with E-state index in [1.54, 1.807) is 13.2 Å². The Labute approximate surface area is 130 Å². The number of benzene rings is 1. The van der Waals surface area contributed by atoms with Crippen LogP contribution in [-0.4, -0.2) is 31.1 Å². The van der Waals surface area contributed by atoms with E-state index in [9.17, 15) is 0 Å². The Kier molecular flexibility index (Phi) is 6.21. The molecule has 6 heteroatoms. The third-order valence-electron chi connectivity index (χ3n) is 3.43. The lowest BCUT2D eigenvalue weighted by Crippen LogP contribution is -2.28. The van der Waals surface area contributed by atoms with Gasteiger partial charge in [-0.3, -0.25) is 4.90 Å². The fraction of sp³-hybridized carbons (Fsp3) is 0.538. The van der Waals surface area contributed by atoms with Crippen LogP contribution in [0, 0.1) is 5.92 Å². The summed E-state index contributed by atoms with van der Waals surface area (Å²) in [7, 11) is 1.62. The lowest BCUT2D eigenvalue weighted by atomic mass is 10.1. The van der Waals surface area contributed by atoms with Gasteiger partial charge in [0.1, 0.15) is 5.75 Å². The zero-order valence-corrected chi connectivity index (χ0v) is 13.4. The van der Waals surface area contributed by atoms with Crippen LogP contribution in [-0.2, 0) is 6.54 Å². The number of hydrogen-bond donors (Lipinski definition) is 1. The topological polar surface area (TPSA) is 38.5 Å². The largest absolute Gasteiger partial charge is 0.495 e. The van der Waals surface area contributed by atoms with E-state index < -0.39 is 0 Å². The number of nitrogens with two attached hydrogens (primary N) is 1. The second-order valence-electron chi connectivity index (χ2n) is 4.92. The highest BCUT2D eigenvalue weighted by Crippen LogP contribution is 2.33. The van der Waals surface area contributed by atoms with Crippen LogP contribution < -0.4 is 10.5 Å². The van der Waals surface area contributed by atoms with E-state index in [2.05, 4.69) is 11.8 Å². The van der Waals surface area contributed by atoms with Crippen molar-refractivity contribution in [3.05, 3.63) is 27.7 Å². The van der Waals surface area contributed by atoms with Crippen LogP contribution in [0.5, 0.6) is 5.75 Å². The molecule has 0 aromatic heterocycles. The van der Waals surface area contributed by atoms with Gasteiger partial charge in [-0.05, 0) is 18.1 Å². The van der Waals surface area contributed by atoms with Gasteiger partial charge in [-0.25, -0.2) is 0 Å². The summed E-state index contributed by atoms with van der Waals surface area (Å²) in [6, 6.07) is 3.84. The fourth-order valence-electron chi connectivity index (χ4n) is 2.42. The van der Waals surface area contributed by atoms with Crippen LogP contribution in [0.15, 0.2) is 12.1 Å².